The number of ether oxygens (including phenoxy) is 1. The minimum absolute atomic E-state index is 0.0155. The van der Waals surface area contributed by atoms with E-state index in [0.29, 0.717) is 11.1 Å². The number of nitriles is 1. The molecule has 0 unspecified atom stereocenters. The van der Waals surface area contributed by atoms with Crippen LogP contribution in [0.25, 0.3) is 5.57 Å². The molecule has 0 bridgehead atoms. The molecule has 1 amide bonds. The van der Waals surface area contributed by atoms with Crippen LogP contribution in [-0.4, -0.2) is 25.0 Å². The molecular weight excluding hydrogens is 380 g/mol. The zero-order valence-corrected chi connectivity index (χ0v) is 16.2. The molecule has 0 spiro atoms. The predicted molar refractivity (Wildman–Crippen MR) is 105 cm³/mol. The van der Waals surface area contributed by atoms with E-state index >= 15 is 0 Å². The van der Waals surface area contributed by atoms with E-state index in [1.54, 1.807) is 30.0 Å². The van der Waals surface area contributed by atoms with Crippen LogP contribution in [0.3, 0.4) is 0 Å². The molecule has 2 heterocycles. The molecule has 1 N–H and O–H groups in total. The lowest BCUT2D eigenvalue weighted by Gasteiger charge is -2.20. The van der Waals surface area contributed by atoms with E-state index in [-0.39, 0.29) is 18.7 Å². The van der Waals surface area contributed by atoms with Gasteiger partial charge in [-0.05, 0) is 30.0 Å². The van der Waals surface area contributed by atoms with Crippen LogP contribution in [0.2, 0.25) is 0 Å². The third-order valence-electron chi connectivity index (χ3n) is 3.82. The van der Waals surface area contributed by atoms with E-state index in [2.05, 4.69) is 18.0 Å². The van der Waals surface area contributed by atoms with Gasteiger partial charge in [-0.2, -0.15) is 5.26 Å². The average Bonchev–Trinajstić information content (AvgIpc) is 3.13. The highest BCUT2D eigenvalue weighted by atomic mass is 32.2. The van der Waals surface area contributed by atoms with Crippen LogP contribution in [0.15, 0.2) is 62.5 Å². The van der Waals surface area contributed by atoms with E-state index in [1.165, 1.54) is 0 Å². The van der Waals surface area contributed by atoms with Gasteiger partial charge in [-0.3, -0.25) is 4.79 Å². The number of carbonyl (C=O) groups is 2. The minimum atomic E-state index is -0.510. The largest absolute Gasteiger partial charge is 0.460 e. The molecule has 5 nitrogen and oxygen atoms in total. The Morgan fingerprint density at radius 2 is 2.04 bits per heavy atom. The highest BCUT2D eigenvalue weighted by molar-refractivity contribution is 8.01. The lowest BCUT2D eigenvalue weighted by molar-refractivity contribution is -0.139. The fourth-order valence-corrected chi connectivity index (χ4v) is 4.74. The number of benzene rings is 1. The fraction of sp³-hybridized carbons (Fsp3) is 0.150. The summed E-state index contributed by atoms with van der Waals surface area (Å²) in [7, 11) is 0. The van der Waals surface area contributed by atoms with E-state index < -0.39 is 11.9 Å². The second kappa shape index (κ2) is 8.25. The van der Waals surface area contributed by atoms with E-state index in [1.807, 2.05) is 35.7 Å². The second-order valence-corrected chi connectivity index (χ2v) is 7.98. The number of nitrogens with zero attached hydrogens (tertiary/aromatic N) is 1. The van der Waals surface area contributed by atoms with Gasteiger partial charge in [0.2, 0.25) is 0 Å². The number of rotatable bonds is 5. The van der Waals surface area contributed by atoms with E-state index in [9.17, 15) is 14.9 Å². The molecule has 0 aliphatic carbocycles. The molecule has 1 aliphatic heterocycles. The van der Waals surface area contributed by atoms with E-state index in [4.69, 9.17) is 4.74 Å². The average molecular weight is 396 g/mol. The van der Waals surface area contributed by atoms with Crippen molar-refractivity contribution in [2.24, 2.45) is 0 Å². The molecule has 1 aliphatic rings. The first-order chi connectivity index (χ1) is 13.0. The summed E-state index contributed by atoms with van der Waals surface area (Å²) < 4.78 is 6.01. The number of nitrogens with one attached hydrogen (secondary N) is 1. The smallest absolute Gasteiger partial charge is 0.333 e. The molecule has 7 heteroatoms. The first kappa shape index (κ1) is 19.0. The molecule has 0 radical (unpaired) electrons. The van der Waals surface area contributed by atoms with Crippen LogP contribution in [0.1, 0.15) is 18.1 Å². The predicted octanol–water partition coefficient (Wildman–Crippen LogP) is 3.77. The van der Waals surface area contributed by atoms with Crippen molar-refractivity contribution in [1.82, 2.24) is 5.32 Å². The lowest BCUT2D eigenvalue weighted by Crippen LogP contribution is -2.29. The third-order valence-corrected chi connectivity index (χ3v) is 6.04. The van der Waals surface area contributed by atoms with Crippen LogP contribution in [0.5, 0.6) is 0 Å². The van der Waals surface area contributed by atoms with Crippen molar-refractivity contribution in [3.63, 3.8) is 0 Å². The van der Waals surface area contributed by atoms with Gasteiger partial charge in [0.1, 0.15) is 18.2 Å². The maximum Gasteiger partial charge on any atom is 0.333 e. The number of carbonyl (C=O) groups excluding carboxylic acids is 2. The van der Waals surface area contributed by atoms with Crippen LogP contribution in [-0.2, 0) is 14.3 Å². The standard InChI is InChI=1S/C20H16N2O3S2/c1-12(2)19(24)25-9-8-22-18(23)15(11-21)17-13-5-3-4-6-16(13)27-20-14(17)7-10-26-20/h3-7,10H,1,8-9H2,2H3,(H,22,23)/b17-15-. The number of thiophene rings is 1. The minimum Gasteiger partial charge on any atom is -0.460 e. The number of fused-ring (bicyclic) bond motifs is 2. The summed E-state index contributed by atoms with van der Waals surface area (Å²) in [6.45, 7) is 5.18. The van der Waals surface area contributed by atoms with Gasteiger partial charge >= 0.3 is 5.97 Å². The topological polar surface area (TPSA) is 79.2 Å². The summed E-state index contributed by atoms with van der Waals surface area (Å²) in [6, 6.07) is 11.7. The molecule has 0 saturated heterocycles. The van der Waals surface area contributed by atoms with Crippen molar-refractivity contribution in [1.29, 1.82) is 5.26 Å². The Balaban J connectivity index is 1.86. The Hall–Kier alpha value is -2.82. The van der Waals surface area contributed by atoms with Crippen LogP contribution < -0.4 is 5.32 Å². The van der Waals surface area contributed by atoms with Crippen LogP contribution >= 0.6 is 23.1 Å². The van der Waals surface area contributed by atoms with Gasteiger partial charge in [-0.1, -0.05) is 36.5 Å². The summed E-state index contributed by atoms with van der Waals surface area (Å²) in [5.41, 5.74) is 2.74. The Labute approximate surface area is 165 Å². The summed E-state index contributed by atoms with van der Waals surface area (Å²) in [5, 5.41) is 14.3. The lowest BCUT2D eigenvalue weighted by atomic mass is 9.94. The normalized spacial score (nSPS) is 13.6. The number of amides is 1. The molecular formula is C20H16N2O3S2. The van der Waals surface area contributed by atoms with Gasteiger partial charge in [0.15, 0.2) is 0 Å². The van der Waals surface area contributed by atoms with Gasteiger partial charge in [0.25, 0.3) is 5.91 Å². The highest BCUT2D eigenvalue weighted by Gasteiger charge is 2.27. The maximum absolute atomic E-state index is 12.6. The molecule has 1 aromatic carbocycles. The quantitative estimate of drug-likeness (QED) is 0.307. The first-order valence-electron chi connectivity index (χ1n) is 8.13. The number of hydrogen-bond donors (Lipinski definition) is 1. The van der Waals surface area contributed by atoms with Crippen LogP contribution in [0.4, 0.5) is 0 Å². The molecule has 0 atom stereocenters. The number of hydrogen-bond acceptors (Lipinski definition) is 6. The molecule has 3 rings (SSSR count). The Bertz CT molecular complexity index is 999. The maximum atomic E-state index is 12.6. The van der Waals surface area contributed by atoms with E-state index in [0.717, 1.165) is 20.2 Å². The van der Waals surface area contributed by atoms with Crippen molar-refractivity contribution in [2.75, 3.05) is 13.2 Å². The van der Waals surface area contributed by atoms with Gasteiger partial charge in [0, 0.05) is 21.6 Å². The molecule has 27 heavy (non-hydrogen) atoms. The molecule has 2 aromatic rings. The second-order valence-electron chi connectivity index (χ2n) is 5.75. The molecule has 1 aromatic heterocycles. The summed E-state index contributed by atoms with van der Waals surface area (Å²) >= 11 is 3.22. The van der Waals surface area contributed by atoms with Crippen molar-refractivity contribution >= 4 is 40.5 Å². The van der Waals surface area contributed by atoms with Crippen molar-refractivity contribution in [3.05, 3.63) is 64.6 Å². The Kier molecular flexibility index (Phi) is 5.79. The SMILES string of the molecule is C=C(C)C(=O)OCCNC(=O)/C(C#N)=C1/c2ccccc2Sc2sccc21. The highest BCUT2D eigenvalue weighted by Crippen LogP contribution is 2.48. The van der Waals surface area contributed by atoms with Gasteiger partial charge in [-0.25, -0.2) is 4.79 Å². The summed E-state index contributed by atoms with van der Waals surface area (Å²) in [6.07, 6.45) is 0. The zero-order valence-electron chi connectivity index (χ0n) is 14.6. The van der Waals surface area contributed by atoms with Crippen molar-refractivity contribution in [2.45, 2.75) is 16.0 Å². The first-order valence-corrected chi connectivity index (χ1v) is 9.83. The molecule has 136 valence electrons. The third kappa shape index (κ3) is 3.97. The fourth-order valence-electron chi connectivity index (χ4n) is 2.58. The van der Waals surface area contributed by atoms with Crippen LogP contribution in [0, 0.1) is 11.3 Å². The van der Waals surface area contributed by atoms with Crippen molar-refractivity contribution in [3.8, 4) is 6.07 Å². The summed E-state index contributed by atoms with van der Waals surface area (Å²) in [5.74, 6) is -0.998. The van der Waals surface area contributed by atoms with Gasteiger partial charge < -0.3 is 10.1 Å². The van der Waals surface area contributed by atoms with Gasteiger partial charge in [-0.15, -0.1) is 11.3 Å². The zero-order chi connectivity index (χ0) is 19.4. The Morgan fingerprint density at radius 3 is 2.78 bits per heavy atom. The monoisotopic (exact) mass is 396 g/mol. The number of esters is 1. The molecule has 0 fully saturated rings. The Morgan fingerprint density at radius 1 is 1.26 bits per heavy atom. The van der Waals surface area contributed by atoms with Gasteiger partial charge in [0.05, 0.1) is 10.8 Å². The van der Waals surface area contributed by atoms with Crippen molar-refractivity contribution < 1.29 is 14.3 Å². The molecule has 0 saturated carbocycles. The summed E-state index contributed by atoms with van der Waals surface area (Å²) in [4.78, 5) is 25.0.